The number of fused-ring (bicyclic) bond motifs is 1. The monoisotopic (exact) mass is 424 g/mol. The summed E-state index contributed by atoms with van der Waals surface area (Å²) in [4.78, 5) is 0. The Morgan fingerprint density at radius 3 is 2.13 bits per heavy atom. The van der Waals surface area contributed by atoms with Crippen molar-refractivity contribution in [1.29, 1.82) is 0 Å². The molecule has 0 aromatic heterocycles. The normalized spacial score (nSPS) is 19.1. The van der Waals surface area contributed by atoms with Crippen LogP contribution in [0.15, 0.2) is 42.5 Å². The predicted molar refractivity (Wildman–Crippen MR) is 125 cm³/mol. The van der Waals surface area contributed by atoms with Crippen LogP contribution in [-0.2, 0) is 10.8 Å². The summed E-state index contributed by atoms with van der Waals surface area (Å²) >= 11 is 6.63. The molecule has 1 fully saturated rings. The van der Waals surface area contributed by atoms with Crippen LogP contribution in [0.5, 0.6) is 0 Å². The van der Waals surface area contributed by atoms with E-state index in [4.69, 9.17) is 11.6 Å². The number of hydrogen-bond acceptors (Lipinski definition) is 1. The van der Waals surface area contributed by atoms with Gasteiger partial charge in [-0.1, -0.05) is 70.1 Å². The van der Waals surface area contributed by atoms with Crippen molar-refractivity contribution >= 4 is 22.9 Å². The van der Waals surface area contributed by atoms with E-state index in [0.29, 0.717) is 21.9 Å². The van der Waals surface area contributed by atoms with Crippen LogP contribution in [0, 0.1) is 5.82 Å². The molecule has 2 aromatic rings. The lowest BCUT2D eigenvalue weighted by atomic mass is 9.62. The van der Waals surface area contributed by atoms with Crippen molar-refractivity contribution in [3.63, 3.8) is 0 Å². The molecule has 0 amide bonds. The largest absolute Gasteiger partial charge is 0.507 e. The number of hydrogen-bond donors (Lipinski definition) is 1. The maximum absolute atomic E-state index is 16.0. The maximum atomic E-state index is 16.0. The molecule has 0 radical (unpaired) electrons. The van der Waals surface area contributed by atoms with Crippen molar-refractivity contribution in [3.05, 3.63) is 81.1 Å². The fraction of sp³-hybridized carbons (Fsp3) is 0.407. The topological polar surface area (TPSA) is 20.2 Å². The van der Waals surface area contributed by atoms with Crippen molar-refractivity contribution in [2.24, 2.45) is 0 Å². The Morgan fingerprint density at radius 1 is 1.00 bits per heavy atom. The fourth-order valence-electron chi connectivity index (χ4n) is 4.74. The summed E-state index contributed by atoms with van der Waals surface area (Å²) in [6.07, 6.45) is 4.99. The standard InChI is InChI=1S/C27H30ClFO/c1-16(17-9-11-19(12-10-17)25(30)18-7-6-8-18)22-21(28)15-20-23(24(22)29)27(4,5)14-13-26(20,2)3/h9-12,15,30H,1,6-8,13-14H2,2-5H3. The average molecular weight is 425 g/mol. The van der Waals surface area contributed by atoms with E-state index in [1.54, 1.807) is 0 Å². The van der Waals surface area contributed by atoms with Gasteiger partial charge in [0.15, 0.2) is 0 Å². The zero-order valence-electron chi connectivity index (χ0n) is 18.3. The summed E-state index contributed by atoms with van der Waals surface area (Å²) in [7, 11) is 0. The molecular weight excluding hydrogens is 395 g/mol. The van der Waals surface area contributed by atoms with Crippen LogP contribution >= 0.6 is 11.6 Å². The Labute approximate surface area is 184 Å². The first-order valence-electron chi connectivity index (χ1n) is 10.8. The number of rotatable bonds is 3. The number of benzene rings is 2. The van der Waals surface area contributed by atoms with Gasteiger partial charge in [0, 0.05) is 11.1 Å². The molecule has 0 aliphatic heterocycles. The molecule has 4 rings (SSSR count). The molecule has 0 spiro atoms. The lowest BCUT2D eigenvalue weighted by Crippen LogP contribution is -2.35. The first-order valence-corrected chi connectivity index (χ1v) is 11.1. The third-order valence-electron chi connectivity index (χ3n) is 7.10. The van der Waals surface area contributed by atoms with Gasteiger partial charge in [0.25, 0.3) is 0 Å². The van der Waals surface area contributed by atoms with Crippen LogP contribution in [0.25, 0.3) is 11.3 Å². The summed E-state index contributed by atoms with van der Waals surface area (Å²) in [5.41, 5.74) is 5.07. The Balaban J connectivity index is 1.77. The first kappa shape index (κ1) is 21.2. The SMILES string of the molecule is C=C(c1ccc(C(O)=C2CCC2)cc1)c1c(Cl)cc2c(c1F)C(C)(C)CCC2(C)C. The highest BCUT2D eigenvalue weighted by atomic mass is 35.5. The molecule has 2 aliphatic carbocycles. The van der Waals surface area contributed by atoms with E-state index in [9.17, 15) is 5.11 Å². The van der Waals surface area contributed by atoms with E-state index in [0.717, 1.165) is 59.9 Å². The molecule has 1 N–H and O–H groups in total. The van der Waals surface area contributed by atoms with Crippen molar-refractivity contribution < 1.29 is 9.50 Å². The van der Waals surface area contributed by atoms with Gasteiger partial charge >= 0.3 is 0 Å². The highest BCUT2D eigenvalue weighted by Crippen LogP contribution is 2.49. The number of aliphatic hydroxyl groups is 1. The molecular formula is C27H30ClFO. The van der Waals surface area contributed by atoms with Gasteiger partial charge in [0.1, 0.15) is 11.6 Å². The number of aliphatic hydroxyl groups excluding tert-OH is 1. The summed E-state index contributed by atoms with van der Waals surface area (Å²) in [6.45, 7) is 12.7. The van der Waals surface area contributed by atoms with Gasteiger partial charge in [-0.3, -0.25) is 0 Å². The second-order valence-electron chi connectivity index (χ2n) is 10.1. The van der Waals surface area contributed by atoms with E-state index < -0.39 is 0 Å². The van der Waals surface area contributed by atoms with E-state index in [-0.39, 0.29) is 16.6 Å². The third-order valence-corrected chi connectivity index (χ3v) is 7.40. The molecule has 30 heavy (non-hydrogen) atoms. The average Bonchev–Trinajstić information content (AvgIpc) is 2.63. The molecule has 3 heteroatoms. The third kappa shape index (κ3) is 3.39. The second-order valence-corrected chi connectivity index (χ2v) is 10.5. The highest BCUT2D eigenvalue weighted by Gasteiger charge is 2.40. The minimum atomic E-state index is -0.251. The van der Waals surface area contributed by atoms with E-state index in [1.807, 2.05) is 30.3 Å². The van der Waals surface area contributed by atoms with E-state index in [1.165, 1.54) is 0 Å². The molecule has 1 nitrogen and oxygen atoms in total. The summed E-state index contributed by atoms with van der Waals surface area (Å²) in [5, 5.41) is 10.8. The Kier molecular flexibility index (Phi) is 5.13. The van der Waals surface area contributed by atoms with Gasteiger partial charge in [0.05, 0.1) is 5.02 Å². The van der Waals surface area contributed by atoms with Gasteiger partial charge < -0.3 is 5.11 Å². The maximum Gasteiger partial charge on any atom is 0.136 e. The Morgan fingerprint density at radius 2 is 1.57 bits per heavy atom. The summed E-state index contributed by atoms with van der Waals surface area (Å²) < 4.78 is 16.0. The Hall–Kier alpha value is -2.06. The van der Waals surface area contributed by atoms with Crippen LogP contribution in [0.2, 0.25) is 5.02 Å². The van der Waals surface area contributed by atoms with Crippen molar-refractivity contribution in [3.8, 4) is 0 Å². The number of halogens is 2. The van der Waals surface area contributed by atoms with Gasteiger partial charge in [0.2, 0.25) is 0 Å². The zero-order chi connectivity index (χ0) is 21.8. The number of allylic oxidation sites excluding steroid dienone is 1. The molecule has 0 unspecified atom stereocenters. The zero-order valence-corrected chi connectivity index (χ0v) is 19.1. The molecule has 2 aromatic carbocycles. The van der Waals surface area contributed by atoms with E-state index >= 15 is 4.39 Å². The molecule has 0 atom stereocenters. The summed E-state index contributed by atoms with van der Waals surface area (Å²) in [5.74, 6) is 0.129. The lowest BCUT2D eigenvalue weighted by Gasteiger charge is -2.42. The smallest absolute Gasteiger partial charge is 0.136 e. The molecule has 0 heterocycles. The van der Waals surface area contributed by atoms with Crippen molar-refractivity contribution in [2.45, 2.75) is 70.6 Å². The molecule has 158 valence electrons. The van der Waals surface area contributed by atoms with E-state index in [2.05, 4.69) is 34.3 Å². The van der Waals surface area contributed by atoms with Crippen LogP contribution < -0.4 is 0 Å². The molecule has 0 saturated heterocycles. The van der Waals surface area contributed by atoms with Crippen LogP contribution in [0.1, 0.15) is 87.6 Å². The van der Waals surface area contributed by atoms with Gasteiger partial charge in [-0.25, -0.2) is 4.39 Å². The van der Waals surface area contributed by atoms with Gasteiger partial charge in [-0.15, -0.1) is 0 Å². The van der Waals surface area contributed by atoms with Crippen LogP contribution in [0.4, 0.5) is 4.39 Å². The quantitative estimate of drug-likeness (QED) is 0.491. The Bertz CT molecular complexity index is 1050. The van der Waals surface area contributed by atoms with Crippen LogP contribution in [-0.4, -0.2) is 5.11 Å². The summed E-state index contributed by atoms with van der Waals surface area (Å²) in [6, 6.07) is 9.47. The van der Waals surface area contributed by atoms with Gasteiger partial charge in [-0.05, 0) is 76.8 Å². The minimum Gasteiger partial charge on any atom is -0.507 e. The predicted octanol–water partition coefficient (Wildman–Crippen LogP) is 8.34. The highest BCUT2D eigenvalue weighted by molar-refractivity contribution is 6.32. The van der Waals surface area contributed by atoms with Crippen molar-refractivity contribution in [1.82, 2.24) is 0 Å². The fourth-order valence-corrected chi connectivity index (χ4v) is 5.05. The van der Waals surface area contributed by atoms with Crippen LogP contribution in [0.3, 0.4) is 0 Å². The van der Waals surface area contributed by atoms with Crippen molar-refractivity contribution in [2.75, 3.05) is 0 Å². The minimum absolute atomic E-state index is 0.108. The molecule has 1 saturated carbocycles. The molecule has 2 aliphatic rings. The van der Waals surface area contributed by atoms with Gasteiger partial charge in [-0.2, -0.15) is 0 Å². The molecule has 0 bridgehead atoms. The first-order chi connectivity index (χ1) is 14.0. The lowest BCUT2D eigenvalue weighted by molar-refractivity contribution is 0.319. The second kappa shape index (κ2) is 7.27.